The molecule has 0 radical (unpaired) electrons. The summed E-state index contributed by atoms with van der Waals surface area (Å²) >= 11 is 0. The van der Waals surface area contributed by atoms with Crippen molar-refractivity contribution >= 4 is 27.9 Å². The van der Waals surface area contributed by atoms with Gasteiger partial charge in [-0.25, -0.2) is 26.7 Å². The SMILES string of the molecule is CN(C)S(=O)(=O)c1ccc(F)c(C(=O)OCC(=O)N2CCNC2=O)c1. The maximum Gasteiger partial charge on any atom is 0.341 e. The maximum absolute atomic E-state index is 13.8. The first-order valence-electron chi connectivity index (χ1n) is 7.12. The van der Waals surface area contributed by atoms with Crippen molar-refractivity contribution in [1.82, 2.24) is 14.5 Å². The molecule has 0 unspecified atom stereocenters. The molecule has 25 heavy (non-hydrogen) atoms. The topological polar surface area (TPSA) is 113 Å². The van der Waals surface area contributed by atoms with Gasteiger partial charge in [-0.1, -0.05) is 0 Å². The van der Waals surface area contributed by atoms with Gasteiger partial charge >= 0.3 is 12.0 Å². The number of rotatable bonds is 5. The number of hydrogen-bond acceptors (Lipinski definition) is 6. The summed E-state index contributed by atoms with van der Waals surface area (Å²) in [4.78, 5) is 35.6. The molecule has 1 fully saturated rings. The van der Waals surface area contributed by atoms with Crippen LogP contribution in [0.3, 0.4) is 0 Å². The lowest BCUT2D eigenvalue weighted by Gasteiger charge is -2.14. The number of benzene rings is 1. The number of sulfonamides is 1. The van der Waals surface area contributed by atoms with Crippen molar-refractivity contribution in [2.24, 2.45) is 0 Å². The molecule has 9 nitrogen and oxygen atoms in total. The Hall–Kier alpha value is -2.53. The van der Waals surface area contributed by atoms with E-state index in [9.17, 15) is 27.2 Å². The zero-order chi connectivity index (χ0) is 18.8. The van der Waals surface area contributed by atoms with Gasteiger partial charge in [0.15, 0.2) is 6.61 Å². The van der Waals surface area contributed by atoms with Crippen molar-refractivity contribution in [2.75, 3.05) is 33.8 Å². The summed E-state index contributed by atoms with van der Waals surface area (Å²) in [5.74, 6) is -2.96. The van der Waals surface area contributed by atoms with E-state index < -0.39 is 45.9 Å². The van der Waals surface area contributed by atoms with Gasteiger partial charge in [0.05, 0.1) is 10.5 Å². The number of carbonyl (C=O) groups excluding carboxylic acids is 3. The van der Waals surface area contributed by atoms with E-state index in [1.54, 1.807) is 0 Å². The zero-order valence-corrected chi connectivity index (χ0v) is 14.3. The van der Waals surface area contributed by atoms with Crippen LogP contribution in [-0.2, 0) is 19.6 Å². The second kappa shape index (κ2) is 7.15. The zero-order valence-electron chi connectivity index (χ0n) is 13.5. The molecule has 0 aromatic heterocycles. The maximum atomic E-state index is 13.8. The van der Waals surface area contributed by atoms with Crippen LogP contribution in [-0.4, -0.2) is 69.3 Å². The molecule has 1 aromatic rings. The molecule has 0 bridgehead atoms. The van der Waals surface area contributed by atoms with Gasteiger partial charge in [0.1, 0.15) is 5.82 Å². The lowest BCUT2D eigenvalue weighted by molar-refractivity contribution is -0.130. The highest BCUT2D eigenvalue weighted by molar-refractivity contribution is 7.89. The van der Waals surface area contributed by atoms with Crippen molar-refractivity contribution in [2.45, 2.75) is 4.90 Å². The fourth-order valence-corrected chi connectivity index (χ4v) is 2.95. The monoisotopic (exact) mass is 373 g/mol. The van der Waals surface area contributed by atoms with Gasteiger partial charge in [0.25, 0.3) is 5.91 Å². The first-order chi connectivity index (χ1) is 11.6. The first-order valence-corrected chi connectivity index (χ1v) is 8.56. The lowest BCUT2D eigenvalue weighted by Crippen LogP contribution is -2.37. The second-order valence-electron chi connectivity index (χ2n) is 5.28. The third kappa shape index (κ3) is 3.94. The van der Waals surface area contributed by atoms with Gasteiger partial charge < -0.3 is 10.1 Å². The fraction of sp³-hybridized carbons (Fsp3) is 0.357. The lowest BCUT2D eigenvalue weighted by atomic mass is 10.2. The summed E-state index contributed by atoms with van der Waals surface area (Å²) in [7, 11) is -1.29. The Morgan fingerprint density at radius 2 is 2.04 bits per heavy atom. The number of esters is 1. The van der Waals surface area contributed by atoms with Gasteiger partial charge in [-0.05, 0) is 18.2 Å². The van der Waals surface area contributed by atoms with Crippen molar-refractivity contribution in [3.63, 3.8) is 0 Å². The van der Waals surface area contributed by atoms with Gasteiger partial charge in [-0.3, -0.25) is 9.69 Å². The average molecular weight is 373 g/mol. The minimum absolute atomic E-state index is 0.139. The first kappa shape index (κ1) is 18.8. The highest BCUT2D eigenvalue weighted by Crippen LogP contribution is 2.18. The molecule has 0 aliphatic carbocycles. The molecule has 0 saturated carbocycles. The average Bonchev–Trinajstić information content (AvgIpc) is 2.98. The highest BCUT2D eigenvalue weighted by Gasteiger charge is 2.28. The Kier molecular flexibility index (Phi) is 5.38. The van der Waals surface area contributed by atoms with E-state index >= 15 is 0 Å². The molecule has 1 heterocycles. The van der Waals surface area contributed by atoms with Crippen LogP contribution in [0.25, 0.3) is 0 Å². The number of nitrogens with one attached hydrogen (secondary N) is 1. The molecule has 2 rings (SSSR count). The highest BCUT2D eigenvalue weighted by atomic mass is 32.2. The van der Waals surface area contributed by atoms with Gasteiger partial charge in [0.2, 0.25) is 10.0 Å². The van der Waals surface area contributed by atoms with Gasteiger partial charge in [-0.15, -0.1) is 0 Å². The summed E-state index contributed by atoms with van der Waals surface area (Å²) in [5.41, 5.74) is -0.624. The third-order valence-electron chi connectivity index (χ3n) is 3.42. The fourth-order valence-electron chi connectivity index (χ4n) is 2.02. The van der Waals surface area contributed by atoms with E-state index in [0.717, 1.165) is 27.4 Å². The van der Waals surface area contributed by atoms with E-state index in [1.165, 1.54) is 14.1 Å². The number of halogens is 1. The summed E-state index contributed by atoms with van der Waals surface area (Å²) in [5, 5.41) is 2.41. The number of hydrogen-bond donors (Lipinski definition) is 1. The van der Waals surface area contributed by atoms with Crippen LogP contribution in [0.1, 0.15) is 10.4 Å². The van der Waals surface area contributed by atoms with E-state index in [1.807, 2.05) is 0 Å². The largest absolute Gasteiger partial charge is 0.452 e. The van der Waals surface area contributed by atoms with Crippen LogP contribution in [0.15, 0.2) is 23.1 Å². The van der Waals surface area contributed by atoms with Crippen molar-refractivity contribution in [1.29, 1.82) is 0 Å². The summed E-state index contributed by atoms with van der Waals surface area (Å²) in [6.45, 7) is -0.339. The van der Waals surface area contributed by atoms with Crippen molar-refractivity contribution in [3.05, 3.63) is 29.6 Å². The molecule has 0 spiro atoms. The number of imide groups is 1. The normalized spacial score (nSPS) is 14.6. The molecule has 1 aromatic carbocycles. The van der Waals surface area contributed by atoms with Crippen LogP contribution in [0, 0.1) is 5.82 Å². The summed E-state index contributed by atoms with van der Waals surface area (Å²) < 4.78 is 43.5. The Morgan fingerprint density at radius 3 is 2.60 bits per heavy atom. The van der Waals surface area contributed by atoms with E-state index in [0.29, 0.717) is 0 Å². The van der Waals surface area contributed by atoms with E-state index in [-0.39, 0.29) is 18.0 Å². The summed E-state index contributed by atoms with van der Waals surface area (Å²) in [6.07, 6.45) is 0. The minimum Gasteiger partial charge on any atom is -0.452 e. The molecule has 1 saturated heterocycles. The van der Waals surface area contributed by atoms with Crippen LogP contribution in [0.5, 0.6) is 0 Å². The van der Waals surface area contributed by atoms with Crippen LogP contribution < -0.4 is 5.32 Å². The molecular formula is C14H16FN3O6S. The molecular weight excluding hydrogens is 357 g/mol. The van der Waals surface area contributed by atoms with E-state index in [2.05, 4.69) is 5.32 Å². The predicted octanol–water partition coefficient (Wildman–Crippen LogP) is -0.215. The Bertz CT molecular complexity index is 824. The van der Waals surface area contributed by atoms with Gasteiger partial charge in [0, 0.05) is 27.2 Å². The predicted molar refractivity (Wildman–Crippen MR) is 82.7 cm³/mol. The number of nitrogens with zero attached hydrogens (tertiary/aromatic N) is 2. The molecule has 1 N–H and O–H groups in total. The number of carbonyl (C=O) groups is 3. The minimum atomic E-state index is -3.87. The number of urea groups is 1. The Labute approximate surface area is 143 Å². The van der Waals surface area contributed by atoms with Crippen LogP contribution in [0.2, 0.25) is 0 Å². The third-order valence-corrected chi connectivity index (χ3v) is 5.23. The second-order valence-corrected chi connectivity index (χ2v) is 7.43. The molecule has 0 atom stereocenters. The smallest absolute Gasteiger partial charge is 0.341 e. The molecule has 1 aliphatic rings. The van der Waals surface area contributed by atoms with E-state index in [4.69, 9.17) is 4.74 Å². The Balaban J connectivity index is 2.14. The van der Waals surface area contributed by atoms with Crippen molar-refractivity contribution in [3.8, 4) is 0 Å². The molecule has 136 valence electrons. The van der Waals surface area contributed by atoms with Crippen LogP contribution in [0.4, 0.5) is 9.18 Å². The standard InChI is InChI=1S/C14H16FN3O6S/c1-17(2)25(22,23)9-3-4-11(15)10(7-9)13(20)24-8-12(19)18-6-5-16-14(18)21/h3-4,7H,5-6,8H2,1-2H3,(H,16,21). The number of ether oxygens (including phenoxy) is 1. The van der Waals surface area contributed by atoms with Crippen molar-refractivity contribution < 1.29 is 31.9 Å². The summed E-state index contributed by atoms with van der Waals surface area (Å²) in [6, 6.07) is 2.07. The molecule has 11 heteroatoms. The Morgan fingerprint density at radius 1 is 1.36 bits per heavy atom. The molecule has 1 aliphatic heterocycles. The number of amides is 3. The van der Waals surface area contributed by atoms with Crippen LogP contribution >= 0.6 is 0 Å². The van der Waals surface area contributed by atoms with Gasteiger partial charge in [-0.2, -0.15) is 0 Å². The molecule has 3 amide bonds. The quantitative estimate of drug-likeness (QED) is 0.714.